The van der Waals surface area contributed by atoms with Gasteiger partial charge < -0.3 is 10.6 Å². The molecule has 0 fully saturated rings. The predicted octanol–water partition coefficient (Wildman–Crippen LogP) is 3.22. The van der Waals surface area contributed by atoms with Gasteiger partial charge in [-0.1, -0.05) is 65.3 Å². The zero-order chi connectivity index (χ0) is 15.1. The van der Waals surface area contributed by atoms with Crippen molar-refractivity contribution in [3.05, 3.63) is 76.8 Å². The van der Waals surface area contributed by atoms with Gasteiger partial charge in [0, 0.05) is 16.7 Å². The molecule has 0 unspecified atom stereocenters. The number of halogens is 1. The molecule has 2 N–H and O–H groups in total. The van der Waals surface area contributed by atoms with Crippen molar-refractivity contribution < 1.29 is 9.63 Å². The number of hydrogen-bond acceptors (Lipinski definition) is 3. The van der Waals surface area contributed by atoms with E-state index in [4.69, 9.17) is 22.2 Å². The van der Waals surface area contributed by atoms with Gasteiger partial charge in [0.05, 0.1) is 0 Å². The van der Waals surface area contributed by atoms with Crippen molar-refractivity contribution >= 4 is 29.5 Å². The summed E-state index contributed by atoms with van der Waals surface area (Å²) in [5, 5.41) is 4.14. The van der Waals surface area contributed by atoms with Crippen molar-refractivity contribution in [1.82, 2.24) is 0 Å². The average molecular weight is 301 g/mol. The number of carbonyl (C=O) groups is 1. The molecule has 0 heterocycles. The normalized spacial score (nSPS) is 11.6. The van der Waals surface area contributed by atoms with Crippen molar-refractivity contribution in [2.24, 2.45) is 10.9 Å². The molecular weight excluding hydrogens is 288 g/mol. The first-order valence-corrected chi connectivity index (χ1v) is 6.57. The fourth-order valence-electron chi connectivity index (χ4n) is 1.55. The molecule has 0 amide bonds. The maximum Gasteiger partial charge on any atom is 0.358 e. The lowest BCUT2D eigenvalue weighted by molar-refractivity contribution is -0.137. The SMILES string of the molecule is N/C(=N\OC(=O)C=Cc1ccccc1Cl)c1ccccc1. The van der Waals surface area contributed by atoms with E-state index in [0.717, 1.165) is 5.56 Å². The number of carbonyl (C=O) groups excluding carboxylic acids is 1. The van der Waals surface area contributed by atoms with Crippen LogP contribution >= 0.6 is 11.6 Å². The Bertz CT molecular complexity index is 682. The smallest absolute Gasteiger partial charge is 0.358 e. The number of rotatable bonds is 4. The van der Waals surface area contributed by atoms with Crippen LogP contribution < -0.4 is 5.73 Å². The Balaban J connectivity index is 1.98. The molecule has 0 saturated carbocycles. The molecule has 4 nitrogen and oxygen atoms in total. The number of amidine groups is 1. The van der Waals surface area contributed by atoms with Crippen LogP contribution in [0.5, 0.6) is 0 Å². The van der Waals surface area contributed by atoms with Gasteiger partial charge in [0.15, 0.2) is 5.84 Å². The molecule has 0 atom stereocenters. The van der Waals surface area contributed by atoms with E-state index < -0.39 is 5.97 Å². The van der Waals surface area contributed by atoms with Crippen molar-refractivity contribution in [1.29, 1.82) is 0 Å². The highest BCUT2D eigenvalue weighted by molar-refractivity contribution is 6.32. The highest BCUT2D eigenvalue weighted by atomic mass is 35.5. The van der Waals surface area contributed by atoms with Gasteiger partial charge in [0.25, 0.3) is 0 Å². The van der Waals surface area contributed by atoms with Crippen LogP contribution in [0.15, 0.2) is 65.8 Å². The standard InChI is InChI=1S/C16H13ClN2O2/c17-14-9-5-4-6-12(14)10-11-15(20)21-19-16(18)13-7-2-1-3-8-13/h1-11H,(H2,18,19). The van der Waals surface area contributed by atoms with Crippen LogP contribution in [0.25, 0.3) is 6.08 Å². The van der Waals surface area contributed by atoms with Crippen molar-refractivity contribution in [3.63, 3.8) is 0 Å². The Morgan fingerprint density at radius 3 is 2.48 bits per heavy atom. The van der Waals surface area contributed by atoms with E-state index in [0.29, 0.717) is 10.6 Å². The van der Waals surface area contributed by atoms with Crippen molar-refractivity contribution in [3.8, 4) is 0 Å². The topological polar surface area (TPSA) is 64.7 Å². The van der Waals surface area contributed by atoms with Crippen LogP contribution in [0.1, 0.15) is 11.1 Å². The summed E-state index contributed by atoms with van der Waals surface area (Å²) >= 11 is 5.96. The fourth-order valence-corrected chi connectivity index (χ4v) is 1.75. The Hall–Kier alpha value is -2.59. The second kappa shape index (κ2) is 7.26. The molecule has 0 aliphatic carbocycles. The molecule has 2 rings (SSSR count). The van der Waals surface area contributed by atoms with E-state index in [1.54, 1.807) is 30.3 Å². The van der Waals surface area contributed by atoms with Crippen molar-refractivity contribution in [2.45, 2.75) is 0 Å². The van der Waals surface area contributed by atoms with E-state index in [2.05, 4.69) is 5.16 Å². The van der Waals surface area contributed by atoms with Crippen LogP contribution in [0, 0.1) is 0 Å². The third kappa shape index (κ3) is 4.47. The van der Waals surface area contributed by atoms with Gasteiger partial charge in [0.2, 0.25) is 0 Å². The lowest BCUT2D eigenvalue weighted by Gasteiger charge is -1.99. The zero-order valence-corrected chi connectivity index (χ0v) is 11.8. The van der Waals surface area contributed by atoms with Crippen molar-refractivity contribution in [2.75, 3.05) is 0 Å². The van der Waals surface area contributed by atoms with E-state index in [-0.39, 0.29) is 5.84 Å². The first-order chi connectivity index (χ1) is 10.2. The quantitative estimate of drug-likeness (QED) is 0.310. The predicted molar refractivity (Wildman–Crippen MR) is 83.7 cm³/mol. The van der Waals surface area contributed by atoms with Gasteiger partial charge in [-0.25, -0.2) is 4.79 Å². The average Bonchev–Trinajstić information content (AvgIpc) is 2.52. The summed E-state index contributed by atoms with van der Waals surface area (Å²) in [5.74, 6) is -0.496. The number of nitrogens with two attached hydrogens (primary N) is 1. The van der Waals surface area contributed by atoms with Gasteiger partial charge in [-0.2, -0.15) is 0 Å². The Labute approximate surface area is 127 Å². The number of nitrogens with zero attached hydrogens (tertiary/aromatic N) is 1. The van der Waals surface area contributed by atoms with E-state index in [1.807, 2.05) is 30.3 Å². The molecule has 2 aromatic carbocycles. The van der Waals surface area contributed by atoms with Gasteiger partial charge in [-0.3, -0.25) is 0 Å². The summed E-state index contributed by atoms with van der Waals surface area (Å²) in [4.78, 5) is 16.3. The molecule has 2 aromatic rings. The largest absolute Gasteiger partial charge is 0.380 e. The van der Waals surface area contributed by atoms with E-state index >= 15 is 0 Å². The van der Waals surface area contributed by atoms with Crippen LogP contribution in [-0.2, 0) is 9.63 Å². The second-order valence-corrected chi connectivity index (χ2v) is 4.51. The Morgan fingerprint density at radius 1 is 1.10 bits per heavy atom. The molecule has 0 spiro atoms. The molecule has 0 aromatic heterocycles. The molecule has 5 heteroatoms. The minimum Gasteiger partial charge on any atom is -0.380 e. The van der Waals surface area contributed by atoms with Crippen LogP contribution in [0.3, 0.4) is 0 Å². The minimum absolute atomic E-state index is 0.134. The lowest BCUT2D eigenvalue weighted by atomic mass is 10.2. The monoisotopic (exact) mass is 300 g/mol. The third-order valence-corrected chi connectivity index (χ3v) is 2.95. The highest BCUT2D eigenvalue weighted by Crippen LogP contribution is 2.16. The van der Waals surface area contributed by atoms with E-state index in [1.165, 1.54) is 6.08 Å². The number of hydrogen-bond donors (Lipinski definition) is 1. The molecular formula is C16H13ClN2O2. The highest BCUT2D eigenvalue weighted by Gasteiger charge is 2.01. The molecule has 0 radical (unpaired) electrons. The van der Waals surface area contributed by atoms with E-state index in [9.17, 15) is 4.79 Å². The molecule has 0 aliphatic rings. The summed E-state index contributed by atoms with van der Waals surface area (Å²) in [6, 6.07) is 16.2. The summed E-state index contributed by atoms with van der Waals surface area (Å²) in [7, 11) is 0. The van der Waals surface area contributed by atoms with Crippen LogP contribution in [-0.4, -0.2) is 11.8 Å². The first kappa shape index (κ1) is 14.8. The molecule has 0 aliphatic heterocycles. The number of oxime groups is 1. The Morgan fingerprint density at radius 2 is 1.76 bits per heavy atom. The zero-order valence-electron chi connectivity index (χ0n) is 11.1. The van der Waals surface area contributed by atoms with Crippen LogP contribution in [0.2, 0.25) is 5.02 Å². The first-order valence-electron chi connectivity index (χ1n) is 6.19. The van der Waals surface area contributed by atoms with Crippen LogP contribution in [0.4, 0.5) is 0 Å². The molecule has 0 bridgehead atoms. The Kier molecular flexibility index (Phi) is 5.12. The third-order valence-electron chi connectivity index (χ3n) is 2.61. The molecule has 106 valence electrons. The molecule has 21 heavy (non-hydrogen) atoms. The lowest BCUT2D eigenvalue weighted by Crippen LogP contribution is -2.14. The molecule has 0 saturated heterocycles. The van der Waals surface area contributed by atoms with Gasteiger partial charge >= 0.3 is 5.97 Å². The summed E-state index contributed by atoms with van der Waals surface area (Å²) in [6.07, 6.45) is 2.79. The maximum atomic E-state index is 11.5. The van der Waals surface area contributed by atoms with Gasteiger partial charge in [-0.05, 0) is 17.7 Å². The summed E-state index contributed by atoms with van der Waals surface area (Å²) in [6.45, 7) is 0. The van der Waals surface area contributed by atoms with Gasteiger partial charge in [0.1, 0.15) is 0 Å². The minimum atomic E-state index is -0.631. The van der Waals surface area contributed by atoms with Gasteiger partial charge in [-0.15, -0.1) is 0 Å². The number of benzene rings is 2. The second-order valence-electron chi connectivity index (χ2n) is 4.11. The fraction of sp³-hybridized carbons (Fsp3) is 0. The summed E-state index contributed by atoms with van der Waals surface area (Å²) < 4.78 is 0. The maximum absolute atomic E-state index is 11.5. The summed E-state index contributed by atoms with van der Waals surface area (Å²) in [5.41, 5.74) is 7.10.